The van der Waals surface area contributed by atoms with E-state index in [1.807, 2.05) is 0 Å². The van der Waals surface area contributed by atoms with E-state index in [2.05, 4.69) is 9.97 Å². The molecule has 3 aromatic rings. The second-order valence-corrected chi connectivity index (χ2v) is 7.45. The number of pyridine rings is 1. The highest BCUT2D eigenvalue weighted by Crippen LogP contribution is 2.15. The van der Waals surface area contributed by atoms with E-state index >= 15 is 0 Å². The molecular weight excluding hydrogens is 333 g/mol. The fourth-order valence-electron chi connectivity index (χ4n) is 2.43. The van der Waals surface area contributed by atoms with Crippen LogP contribution >= 0.6 is 0 Å². The summed E-state index contributed by atoms with van der Waals surface area (Å²) in [7, 11) is -2.03. The van der Waals surface area contributed by atoms with E-state index in [9.17, 15) is 17.6 Å². The lowest BCUT2D eigenvalue weighted by atomic mass is 10.1. The van der Waals surface area contributed by atoms with Crippen molar-refractivity contribution in [2.45, 2.75) is 11.6 Å². The predicted octanol–water partition coefficient (Wildman–Crippen LogP) is 1.46. The quantitative estimate of drug-likeness (QED) is 0.670. The Bertz CT molecular complexity index is 1090. The van der Waals surface area contributed by atoms with E-state index in [1.165, 1.54) is 29.9 Å². The molecule has 0 bridgehead atoms. The molecule has 24 heavy (non-hydrogen) atoms. The minimum absolute atomic E-state index is 0.248. The first-order chi connectivity index (χ1) is 11.3. The molecule has 124 valence electrons. The summed E-state index contributed by atoms with van der Waals surface area (Å²) in [6.45, 7) is 0. The maximum absolute atomic E-state index is 13.0. The van der Waals surface area contributed by atoms with Gasteiger partial charge in [-0.25, -0.2) is 17.8 Å². The van der Waals surface area contributed by atoms with Gasteiger partial charge < -0.3 is 0 Å². The number of sulfone groups is 1. The fourth-order valence-corrected chi connectivity index (χ4v) is 2.92. The van der Waals surface area contributed by atoms with Crippen LogP contribution in [0.5, 0.6) is 0 Å². The van der Waals surface area contributed by atoms with Crippen LogP contribution in [0.4, 0.5) is 4.39 Å². The summed E-state index contributed by atoms with van der Waals surface area (Å²) in [6.07, 6.45) is 2.72. The molecule has 0 radical (unpaired) electrons. The molecule has 0 saturated carbocycles. The van der Waals surface area contributed by atoms with Crippen molar-refractivity contribution >= 4 is 20.9 Å². The molecule has 2 heterocycles. The standard InChI is InChI=1S/C16H14FN3O3S/c1-20-14-12(9-18-16(19-14)24(2,22)23)8-11(15(20)21)7-10-3-5-13(17)6-4-10/h3-6,8-9H,7H2,1-2H3. The van der Waals surface area contributed by atoms with Crippen molar-refractivity contribution < 1.29 is 12.8 Å². The van der Waals surface area contributed by atoms with Crippen LogP contribution in [0.25, 0.3) is 11.0 Å². The number of nitrogens with zero attached hydrogens (tertiary/aromatic N) is 3. The highest BCUT2D eigenvalue weighted by atomic mass is 32.2. The smallest absolute Gasteiger partial charge is 0.255 e. The molecule has 0 saturated heterocycles. The van der Waals surface area contributed by atoms with Gasteiger partial charge in [0.2, 0.25) is 15.0 Å². The zero-order valence-corrected chi connectivity index (χ0v) is 13.8. The number of rotatable bonds is 3. The summed E-state index contributed by atoms with van der Waals surface area (Å²) in [5.41, 5.74) is 1.25. The van der Waals surface area contributed by atoms with Crippen LogP contribution in [0.3, 0.4) is 0 Å². The monoisotopic (exact) mass is 347 g/mol. The van der Waals surface area contributed by atoms with E-state index in [0.717, 1.165) is 11.8 Å². The van der Waals surface area contributed by atoms with Crippen molar-refractivity contribution in [2.24, 2.45) is 7.05 Å². The Labute approximate surface area is 137 Å². The number of aryl methyl sites for hydroxylation is 1. The van der Waals surface area contributed by atoms with Crippen molar-refractivity contribution in [3.63, 3.8) is 0 Å². The van der Waals surface area contributed by atoms with Crippen molar-refractivity contribution in [3.8, 4) is 0 Å². The Hall–Kier alpha value is -2.61. The molecule has 0 spiro atoms. The lowest BCUT2D eigenvalue weighted by molar-refractivity contribution is 0.593. The number of aromatic nitrogens is 3. The van der Waals surface area contributed by atoms with E-state index in [-0.39, 0.29) is 22.2 Å². The summed E-state index contributed by atoms with van der Waals surface area (Å²) in [4.78, 5) is 20.3. The molecule has 0 amide bonds. The summed E-state index contributed by atoms with van der Waals surface area (Å²) in [5, 5.41) is 0.234. The first-order valence-corrected chi connectivity index (χ1v) is 8.95. The normalized spacial score (nSPS) is 11.8. The lowest BCUT2D eigenvalue weighted by Gasteiger charge is -2.09. The van der Waals surface area contributed by atoms with Gasteiger partial charge in [-0.3, -0.25) is 9.36 Å². The number of hydrogen-bond donors (Lipinski definition) is 0. The van der Waals surface area contributed by atoms with E-state index < -0.39 is 9.84 Å². The van der Waals surface area contributed by atoms with Crippen LogP contribution < -0.4 is 5.56 Å². The van der Waals surface area contributed by atoms with Crippen LogP contribution in [0, 0.1) is 5.82 Å². The third kappa shape index (κ3) is 3.05. The number of halogens is 1. The zero-order valence-electron chi connectivity index (χ0n) is 13.0. The Morgan fingerprint density at radius 1 is 1.21 bits per heavy atom. The van der Waals surface area contributed by atoms with E-state index in [0.29, 0.717) is 17.4 Å². The highest BCUT2D eigenvalue weighted by Gasteiger charge is 2.15. The minimum atomic E-state index is -3.56. The number of hydrogen-bond acceptors (Lipinski definition) is 5. The molecule has 6 nitrogen and oxygen atoms in total. The number of fused-ring (bicyclic) bond motifs is 1. The summed E-state index contributed by atoms with van der Waals surface area (Å²) < 4.78 is 37.4. The molecule has 3 rings (SSSR count). The van der Waals surface area contributed by atoms with Crippen molar-refractivity contribution in [3.05, 3.63) is 63.8 Å². The number of benzene rings is 1. The van der Waals surface area contributed by atoms with Gasteiger partial charge in [0, 0.05) is 36.9 Å². The molecule has 0 aliphatic heterocycles. The maximum atomic E-state index is 13.0. The average Bonchev–Trinajstić information content (AvgIpc) is 2.53. The second kappa shape index (κ2) is 5.79. The summed E-state index contributed by atoms with van der Waals surface area (Å²) in [6, 6.07) is 7.53. The summed E-state index contributed by atoms with van der Waals surface area (Å²) >= 11 is 0. The first-order valence-electron chi connectivity index (χ1n) is 7.06. The molecule has 0 aliphatic rings. The molecule has 0 fully saturated rings. The highest BCUT2D eigenvalue weighted by molar-refractivity contribution is 7.90. The Balaban J connectivity index is 2.13. The largest absolute Gasteiger partial charge is 0.295 e. The SMILES string of the molecule is Cn1c(=O)c(Cc2ccc(F)cc2)cc2cnc(S(C)(=O)=O)nc21. The van der Waals surface area contributed by atoms with Crippen molar-refractivity contribution in [2.75, 3.05) is 6.26 Å². The molecule has 1 aromatic carbocycles. The Morgan fingerprint density at radius 2 is 1.88 bits per heavy atom. The molecule has 0 N–H and O–H groups in total. The molecule has 2 aromatic heterocycles. The molecule has 0 aliphatic carbocycles. The van der Waals surface area contributed by atoms with Crippen LogP contribution in [0.15, 0.2) is 46.5 Å². The first kappa shape index (κ1) is 16.3. The zero-order chi connectivity index (χ0) is 17.5. The van der Waals surface area contributed by atoms with Crippen LogP contribution in [-0.2, 0) is 23.3 Å². The van der Waals surface area contributed by atoms with Gasteiger partial charge in [0.1, 0.15) is 11.5 Å². The van der Waals surface area contributed by atoms with Gasteiger partial charge in [0.05, 0.1) is 0 Å². The van der Waals surface area contributed by atoms with E-state index in [4.69, 9.17) is 0 Å². The van der Waals surface area contributed by atoms with Gasteiger partial charge in [-0.2, -0.15) is 4.98 Å². The Morgan fingerprint density at radius 3 is 2.50 bits per heavy atom. The van der Waals surface area contributed by atoms with E-state index in [1.54, 1.807) is 18.2 Å². The van der Waals surface area contributed by atoms with Gasteiger partial charge in [-0.1, -0.05) is 12.1 Å². The average molecular weight is 347 g/mol. The third-order valence-corrected chi connectivity index (χ3v) is 4.50. The Kier molecular flexibility index (Phi) is 3.92. The maximum Gasteiger partial charge on any atom is 0.255 e. The van der Waals surface area contributed by atoms with Gasteiger partial charge in [0.25, 0.3) is 5.56 Å². The van der Waals surface area contributed by atoms with Gasteiger partial charge >= 0.3 is 0 Å². The van der Waals surface area contributed by atoms with Crippen LogP contribution in [0.1, 0.15) is 11.1 Å². The lowest BCUT2D eigenvalue weighted by Crippen LogP contribution is -2.23. The van der Waals surface area contributed by atoms with Crippen molar-refractivity contribution in [1.29, 1.82) is 0 Å². The summed E-state index contributed by atoms with van der Waals surface area (Å²) in [5.74, 6) is -0.341. The van der Waals surface area contributed by atoms with Crippen molar-refractivity contribution in [1.82, 2.24) is 14.5 Å². The topological polar surface area (TPSA) is 81.9 Å². The fraction of sp³-hybridized carbons (Fsp3) is 0.188. The molecule has 0 atom stereocenters. The predicted molar refractivity (Wildman–Crippen MR) is 87.1 cm³/mol. The van der Waals surface area contributed by atoms with Gasteiger partial charge in [-0.05, 0) is 23.8 Å². The minimum Gasteiger partial charge on any atom is -0.295 e. The molecule has 8 heteroatoms. The van der Waals surface area contributed by atoms with Gasteiger partial charge in [0.15, 0.2) is 0 Å². The molecule has 0 unspecified atom stereocenters. The van der Waals surface area contributed by atoms with Crippen LogP contribution in [0.2, 0.25) is 0 Å². The third-order valence-electron chi connectivity index (χ3n) is 3.64. The van der Waals surface area contributed by atoms with Gasteiger partial charge in [-0.15, -0.1) is 0 Å². The van der Waals surface area contributed by atoms with Crippen LogP contribution in [-0.4, -0.2) is 29.2 Å². The second-order valence-electron chi connectivity index (χ2n) is 5.54. The molecular formula is C16H14FN3O3S.